The first kappa shape index (κ1) is 19.5. The quantitative estimate of drug-likeness (QED) is 0.611. The molecule has 1 aromatic carbocycles. The molecule has 0 saturated heterocycles. The average Bonchev–Trinajstić information content (AvgIpc) is 3.12. The van der Waals surface area contributed by atoms with Gasteiger partial charge in [0.25, 0.3) is 0 Å². The Balaban J connectivity index is 2.00. The Kier molecular flexibility index (Phi) is 6.03. The van der Waals surface area contributed by atoms with Crippen molar-refractivity contribution in [2.45, 2.75) is 39.0 Å². The number of anilines is 2. The predicted molar refractivity (Wildman–Crippen MR) is 109 cm³/mol. The van der Waals surface area contributed by atoms with E-state index in [0.717, 1.165) is 46.7 Å². The first-order valence-corrected chi connectivity index (χ1v) is 9.42. The Hall–Kier alpha value is -3.22. The molecule has 0 amide bonds. The van der Waals surface area contributed by atoms with Crippen molar-refractivity contribution < 1.29 is 9.90 Å². The molecule has 7 heteroatoms. The van der Waals surface area contributed by atoms with Gasteiger partial charge < -0.3 is 10.4 Å². The van der Waals surface area contributed by atoms with Crippen LogP contribution in [0.1, 0.15) is 44.0 Å². The highest BCUT2D eigenvalue weighted by Gasteiger charge is 2.17. The van der Waals surface area contributed by atoms with Crippen LogP contribution in [-0.4, -0.2) is 30.8 Å². The van der Waals surface area contributed by atoms with Crippen LogP contribution in [0.3, 0.4) is 0 Å². The smallest absolute Gasteiger partial charge is 0.303 e. The zero-order valence-corrected chi connectivity index (χ0v) is 16.4. The number of carbonyl (C=O) groups is 1. The second-order valence-corrected chi connectivity index (χ2v) is 6.78. The van der Waals surface area contributed by atoms with E-state index in [4.69, 9.17) is 0 Å². The van der Waals surface area contributed by atoms with Gasteiger partial charge in [-0.15, -0.1) is 0 Å². The van der Waals surface area contributed by atoms with Crippen molar-refractivity contribution >= 4 is 17.3 Å². The van der Waals surface area contributed by atoms with Crippen molar-refractivity contribution in [3.63, 3.8) is 0 Å². The Labute approximate surface area is 164 Å². The number of nitrogens with zero attached hydrogens (tertiary/aromatic N) is 4. The van der Waals surface area contributed by atoms with Crippen LogP contribution in [-0.2, 0) is 18.3 Å². The standard InChI is InChI=1S/C21H25N5O2/c1-4-14(9-21(27)28)15-6-7-18(16-10-24-26(3)13-16)19(8-15)25-17-11-22-20(5-2)23-12-17/h6-8,10-14,25H,4-5,9H2,1-3H3,(H,27,28)/t14-/m1/s1. The fourth-order valence-corrected chi connectivity index (χ4v) is 3.20. The molecule has 0 spiro atoms. The molecule has 28 heavy (non-hydrogen) atoms. The molecule has 7 nitrogen and oxygen atoms in total. The average molecular weight is 379 g/mol. The number of aryl methyl sites for hydroxylation is 2. The van der Waals surface area contributed by atoms with Crippen LogP contribution in [0.15, 0.2) is 43.0 Å². The Morgan fingerprint density at radius 1 is 1.21 bits per heavy atom. The minimum atomic E-state index is -0.791. The van der Waals surface area contributed by atoms with Crippen LogP contribution in [0.4, 0.5) is 11.4 Å². The van der Waals surface area contributed by atoms with Gasteiger partial charge in [-0.05, 0) is 24.0 Å². The zero-order chi connectivity index (χ0) is 20.1. The highest BCUT2D eigenvalue weighted by atomic mass is 16.4. The third-order valence-corrected chi connectivity index (χ3v) is 4.75. The van der Waals surface area contributed by atoms with Crippen LogP contribution in [0, 0.1) is 0 Å². The van der Waals surface area contributed by atoms with Gasteiger partial charge in [0.15, 0.2) is 0 Å². The number of nitrogens with one attached hydrogen (secondary N) is 1. The van der Waals surface area contributed by atoms with Crippen molar-refractivity contribution in [2.75, 3.05) is 5.32 Å². The van der Waals surface area contributed by atoms with E-state index in [0.29, 0.717) is 0 Å². The van der Waals surface area contributed by atoms with Gasteiger partial charge in [0.1, 0.15) is 5.82 Å². The van der Waals surface area contributed by atoms with E-state index in [9.17, 15) is 9.90 Å². The third-order valence-electron chi connectivity index (χ3n) is 4.75. The number of aromatic nitrogens is 4. The largest absolute Gasteiger partial charge is 0.481 e. The number of carboxylic acid groups (broad SMARTS) is 1. The summed E-state index contributed by atoms with van der Waals surface area (Å²) in [4.78, 5) is 19.9. The molecule has 146 valence electrons. The molecule has 2 heterocycles. The summed E-state index contributed by atoms with van der Waals surface area (Å²) in [5, 5.41) is 16.9. The molecule has 1 atom stereocenters. The summed E-state index contributed by atoms with van der Waals surface area (Å²) in [7, 11) is 1.88. The predicted octanol–water partition coefficient (Wildman–Crippen LogP) is 4.15. The lowest BCUT2D eigenvalue weighted by atomic mass is 9.91. The SMILES string of the molecule is CCc1ncc(Nc2cc([C@H](CC)CC(=O)O)ccc2-c2cnn(C)c2)cn1. The lowest BCUT2D eigenvalue weighted by molar-refractivity contribution is -0.137. The fraction of sp³-hybridized carbons (Fsp3) is 0.333. The van der Waals surface area contributed by atoms with Gasteiger partial charge in [-0.3, -0.25) is 9.48 Å². The second kappa shape index (κ2) is 8.65. The molecule has 2 N–H and O–H groups in total. The maximum atomic E-state index is 11.2. The molecular formula is C21H25N5O2. The highest BCUT2D eigenvalue weighted by molar-refractivity contribution is 5.81. The monoisotopic (exact) mass is 379 g/mol. The van der Waals surface area contributed by atoms with Crippen LogP contribution < -0.4 is 5.32 Å². The molecule has 0 saturated carbocycles. The van der Waals surface area contributed by atoms with Gasteiger partial charge >= 0.3 is 5.97 Å². The van der Waals surface area contributed by atoms with E-state index < -0.39 is 5.97 Å². The molecule has 0 unspecified atom stereocenters. The summed E-state index contributed by atoms with van der Waals surface area (Å²) in [6, 6.07) is 6.04. The summed E-state index contributed by atoms with van der Waals surface area (Å²) < 4.78 is 1.76. The van der Waals surface area contributed by atoms with Crippen LogP contribution in [0.25, 0.3) is 11.1 Å². The van der Waals surface area contributed by atoms with Crippen molar-refractivity contribution in [3.8, 4) is 11.1 Å². The topological polar surface area (TPSA) is 92.9 Å². The van der Waals surface area contributed by atoms with Crippen molar-refractivity contribution in [1.82, 2.24) is 19.7 Å². The number of aliphatic carboxylic acids is 1. The third kappa shape index (κ3) is 4.54. The fourth-order valence-electron chi connectivity index (χ4n) is 3.20. The van der Waals surface area contributed by atoms with Gasteiger partial charge in [-0.1, -0.05) is 26.0 Å². The number of hydrogen-bond acceptors (Lipinski definition) is 5. The molecule has 3 rings (SSSR count). The van der Waals surface area contributed by atoms with E-state index in [1.807, 2.05) is 51.5 Å². The second-order valence-electron chi connectivity index (χ2n) is 6.78. The molecule has 2 aromatic heterocycles. The van der Waals surface area contributed by atoms with E-state index in [1.165, 1.54) is 0 Å². The normalized spacial score (nSPS) is 12.0. The number of rotatable bonds is 8. The molecule has 0 fully saturated rings. The Morgan fingerprint density at radius 3 is 2.54 bits per heavy atom. The molecule has 0 bridgehead atoms. The van der Waals surface area contributed by atoms with Gasteiger partial charge in [-0.25, -0.2) is 9.97 Å². The molecular weight excluding hydrogens is 354 g/mol. The van der Waals surface area contributed by atoms with Gasteiger partial charge in [0, 0.05) is 36.5 Å². The summed E-state index contributed by atoms with van der Waals surface area (Å²) >= 11 is 0. The lowest BCUT2D eigenvalue weighted by Gasteiger charge is -2.17. The maximum absolute atomic E-state index is 11.2. The minimum Gasteiger partial charge on any atom is -0.481 e. The summed E-state index contributed by atoms with van der Waals surface area (Å²) in [6.07, 6.45) is 8.93. The van der Waals surface area contributed by atoms with Crippen LogP contribution >= 0.6 is 0 Å². The molecule has 0 aliphatic heterocycles. The number of benzene rings is 1. The van der Waals surface area contributed by atoms with E-state index in [1.54, 1.807) is 17.1 Å². The summed E-state index contributed by atoms with van der Waals surface area (Å²) in [6.45, 7) is 4.02. The molecule has 0 aliphatic carbocycles. The summed E-state index contributed by atoms with van der Waals surface area (Å²) in [5.74, 6) is -0.0414. The van der Waals surface area contributed by atoms with Crippen LogP contribution in [0.5, 0.6) is 0 Å². The van der Waals surface area contributed by atoms with E-state index in [2.05, 4.69) is 20.4 Å². The van der Waals surface area contributed by atoms with Gasteiger partial charge in [0.2, 0.25) is 0 Å². The van der Waals surface area contributed by atoms with Crippen molar-refractivity contribution in [1.29, 1.82) is 0 Å². The first-order chi connectivity index (χ1) is 13.5. The van der Waals surface area contributed by atoms with Crippen molar-refractivity contribution in [3.05, 3.63) is 54.4 Å². The minimum absolute atomic E-state index is 0.0419. The zero-order valence-electron chi connectivity index (χ0n) is 16.4. The Bertz CT molecular complexity index is 950. The van der Waals surface area contributed by atoms with Crippen molar-refractivity contribution in [2.24, 2.45) is 7.05 Å². The maximum Gasteiger partial charge on any atom is 0.303 e. The summed E-state index contributed by atoms with van der Waals surface area (Å²) in [5.41, 5.74) is 4.62. The molecule has 3 aromatic rings. The first-order valence-electron chi connectivity index (χ1n) is 9.42. The van der Waals surface area contributed by atoms with Crippen LogP contribution in [0.2, 0.25) is 0 Å². The Morgan fingerprint density at radius 2 is 1.96 bits per heavy atom. The van der Waals surface area contributed by atoms with E-state index in [-0.39, 0.29) is 12.3 Å². The number of carboxylic acids is 1. The number of hydrogen-bond donors (Lipinski definition) is 2. The molecule has 0 radical (unpaired) electrons. The van der Waals surface area contributed by atoms with E-state index >= 15 is 0 Å². The van der Waals surface area contributed by atoms with Gasteiger partial charge in [-0.2, -0.15) is 5.10 Å². The van der Waals surface area contributed by atoms with Gasteiger partial charge in [0.05, 0.1) is 30.7 Å². The molecule has 0 aliphatic rings. The lowest BCUT2D eigenvalue weighted by Crippen LogP contribution is -2.06. The highest BCUT2D eigenvalue weighted by Crippen LogP contribution is 2.34.